The van der Waals surface area contributed by atoms with Gasteiger partial charge in [-0.3, -0.25) is 14.5 Å². The first-order chi connectivity index (χ1) is 16.1. The Labute approximate surface area is 198 Å². The first kappa shape index (κ1) is 24.4. The number of aromatic nitrogens is 2. The van der Waals surface area contributed by atoms with Gasteiger partial charge in [0.15, 0.2) is 28.0 Å². The van der Waals surface area contributed by atoms with Crippen molar-refractivity contribution in [2.45, 2.75) is 25.3 Å². The van der Waals surface area contributed by atoms with Crippen molar-refractivity contribution in [3.8, 4) is 0 Å². The Morgan fingerprint density at radius 1 is 1.09 bits per heavy atom. The molecule has 1 fully saturated rings. The Bertz CT molecular complexity index is 1160. The highest BCUT2D eigenvalue weighted by Crippen LogP contribution is 2.36. The normalized spacial score (nSPS) is 18.3. The van der Waals surface area contributed by atoms with Crippen LogP contribution in [-0.4, -0.2) is 82.9 Å². The quantitative estimate of drug-likeness (QED) is 0.389. The summed E-state index contributed by atoms with van der Waals surface area (Å²) in [6.07, 6.45) is 0.102. The lowest BCUT2D eigenvalue weighted by Crippen LogP contribution is -2.51. The van der Waals surface area contributed by atoms with E-state index in [1.165, 1.54) is 4.90 Å². The van der Waals surface area contributed by atoms with Crippen molar-refractivity contribution in [3.05, 3.63) is 51.1 Å². The molecule has 0 bridgehead atoms. The minimum atomic E-state index is -1.45. The van der Waals surface area contributed by atoms with Gasteiger partial charge in [0.2, 0.25) is 11.8 Å². The Balaban J connectivity index is 1.44. The number of aromatic amines is 1. The van der Waals surface area contributed by atoms with Gasteiger partial charge in [-0.15, -0.1) is 0 Å². The van der Waals surface area contributed by atoms with Crippen molar-refractivity contribution >= 4 is 24.0 Å². The van der Waals surface area contributed by atoms with Crippen molar-refractivity contribution in [2.75, 3.05) is 46.8 Å². The zero-order valence-electron chi connectivity index (χ0n) is 18.8. The molecule has 4 rings (SSSR count). The number of piperazine rings is 1. The van der Waals surface area contributed by atoms with Crippen LogP contribution in [0.15, 0.2) is 6.07 Å². The number of hydrogen-bond acceptors (Lipinski definition) is 4. The van der Waals surface area contributed by atoms with Crippen LogP contribution in [0.1, 0.15) is 22.9 Å². The average Bonchev–Trinajstić information content (AvgIpc) is 3.34. The van der Waals surface area contributed by atoms with E-state index >= 15 is 0 Å². The summed E-state index contributed by atoms with van der Waals surface area (Å²) in [5, 5.41) is 0. The van der Waals surface area contributed by atoms with Crippen LogP contribution in [0, 0.1) is 28.0 Å². The van der Waals surface area contributed by atoms with E-state index in [9.17, 15) is 27.2 Å². The number of nitrogens with zero attached hydrogens (tertiary/aromatic N) is 4. The van der Waals surface area contributed by atoms with Crippen molar-refractivity contribution < 1.29 is 27.2 Å². The van der Waals surface area contributed by atoms with E-state index in [2.05, 4.69) is 4.98 Å². The van der Waals surface area contributed by atoms with Crippen LogP contribution in [0.2, 0.25) is 0 Å². The molecule has 3 heterocycles. The second-order valence-electron chi connectivity index (χ2n) is 8.87. The molecule has 0 spiro atoms. The molecule has 1 aromatic heterocycles. The number of fused-ring (bicyclic) bond motifs is 1. The molecular weight excluding hydrogens is 474 g/mol. The smallest absolute Gasteiger partial charge is 0.236 e. The van der Waals surface area contributed by atoms with Gasteiger partial charge < -0.3 is 19.4 Å². The third-order valence-electron chi connectivity index (χ3n) is 6.48. The molecule has 2 aliphatic rings. The summed E-state index contributed by atoms with van der Waals surface area (Å²) in [7, 11) is 3.39. The Kier molecular flexibility index (Phi) is 6.81. The zero-order chi connectivity index (χ0) is 24.7. The van der Waals surface area contributed by atoms with Gasteiger partial charge in [0, 0.05) is 75.8 Å². The monoisotopic (exact) mass is 499 g/mol. The van der Waals surface area contributed by atoms with Gasteiger partial charge in [0.25, 0.3) is 0 Å². The van der Waals surface area contributed by atoms with Crippen LogP contribution in [0.5, 0.6) is 0 Å². The van der Waals surface area contributed by atoms with Crippen LogP contribution in [0.4, 0.5) is 17.6 Å². The number of halogens is 4. The van der Waals surface area contributed by atoms with E-state index in [1.54, 1.807) is 23.6 Å². The molecule has 2 aromatic rings. The fraction of sp³-hybridized carbons (Fsp3) is 0.500. The van der Waals surface area contributed by atoms with Gasteiger partial charge in [-0.1, -0.05) is 0 Å². The summed E-state index contributed by atoms with van der Waals surface area (Å²) in [4.78, 5) is 33.0. The maximum absolute atomic E-state index is 14.3. The molecule has 1 N–H and O–H groups in total. The van der Waals surface area contributed by atoms with E-state index in [-0.39, 0.29) is 42.0 Å². The lowest BCUT2D eigenvalue weighted by atomic mass is 9.94. The number of amides is 2. The van der Waals surface area contributed by atoms with Gasteiger partial charge in [0.1, 0.15) is 0 Å². The molecular formula is C22H25F4N5O2S. The minimum Gasteiger partial charge on any atom is -0.348 e. The SMILES string of the molecule is CN(C)C(=O)CN1CCN(C(=O)Cc2[nH]c(=S)n3c2C[C@H](c2c(F)c(F)cc(F)c2F)C3)CC1. The molecule has 1 atom stereocenters. The number of carbonyl (C=O) groups excluding carboxylic acids is 2. The van der Waals surface area contributed by atoms with Crippen molar-refractivity contribution in [3.63, 3.8) is 0 Å². The standard InChI is InChI=1S/C22H25F4N5O2S/c1-28(2)18(33)11-29-3-5-30(6-4-29)17(32)9-15-16-7-12(10-31(16)22(34)27-15)19-20(25)13(23)8-14(24)21(19)26/h8,12H,3-7,9-11H2,1-2H3,(H,27,34)/t12-/m0/s1. The third kappa shape index (κ3) is 4.61. The van der Waals surface area contributed by atoms with E-state index in [4.69, 9.17) is 12.2 Å². The predicted octanol–water partition coefficient (Wildman–Crippen LogP) is 2.22. The molecule has 1 aromatic carbocycles. The highest BCUT2D eigenvalue weighted by atomic mass is 32.1. The fourth-order valence-electron chi connectivity index (χ4n) is 4.54. The molecule has 0 unspecified atom stereocenters. The van der Waals surface area contributed by atoms with E-state index < -0.39 is 34.8 Å². The molecule has 1 saturated heterocycles. The largest absolute Gasteiger partial charge is 0.348 e. The lowest BCUT2D eigenvalue weighted by molar-refractivity contribution is -0.133. The summed E-state index contributed by atoms with van der Waals surface area (Å²) < 4.78 is 58.0. The Hall–Kier alpha value is -2.73. The molecule has 12 heteroatoms. The molecule has 184 valence electrons. The second kappa shape index (κ2) is 9.49. The molecule has 0 saturated carbocycles. The fourth-order valence-corrected chi connectivity index (χ4v) is 4.85. The number of rotatable bonds is 5. The first-order valence-corrected chi connectivity index (χ1v) is 11.3. The molecule has 0 aliphatic carbocycles. The van der Waals surface area contributed by atoms with Crippen LogP contribution < -0.4 is 0 Å². The van der Waals surface area contributed by atoms with Crippen molar-refractivity contribution in [2.24, 2.45) is 0 Å². The van der Waals surface area contributed by atoms with Gasteiger partial charge in [0.05, 0.1) is 13.0 Å². The van der Waals surface area contributed by atoms with E-state index in [0.29, 0.717) is 44.1 Å². The summed E-state index contributed by atoms with van der Waals surface area (Å²) >= 11 is 5.31. The Morgan fingerprint density at radius 2 is 1.71 bits per heavy atom. The minimum absolute atomic E-state index is 0.00247. The van der Waals surface area contributed by atoms with E-state index in [1.807, 2.05) is 4.90 Å². The van der Waals surface area contributed by atoms with Crippen LogP contribution in [0.25, 0.3) is 0 Å². The summed E-state index contributed by atoms with van der Waals surface area (Å²) in [5.74, 6) is -6.70. The Morgan fingerprint density at radius 3 is 2.29 bits per heavy atom. The number of carbonyl (C=O) groups is 2. The summed E-state index contributed by atoms with van der Waals surface area (Å²) in [6.45, 7) is 2.43. The third-order valence-corrected chi connectivity index (χ3v) is 6.81. The zero-order valence-corrected chi connectivity index (χ0v) is 19.7. The maximum Gasteiger partial charge on any atom is 0.236 e. The summed E-state index contributed by atoms with van der Waals surface area (Å²) in [6, 6.07) is 0.190. The topological polar surface area (TPSA) is 64.6 Å². The molecule has 7 nitrogen and oxygen atoms in total. The van der Waals surface area contributed by atoms with Gasteiger partial charge in [-0.25, -0.2) is 17.6 Å². The molecule has 0 radical (unpaired) electrons. The first-order valence-electron chi connectivity index (χ1n) is 10.9. The molecule has 2 amide bonds. The number of benzene rings is 1. The number of likely N-dealkylation sites (N-methyl/N-ethyl adjacent to an activating group) is 1. The van der Waals surface area contributed by atoms with Gasteiger partial charge >= 0.3 is 0 Å². The lowest BCUT2D eigenvalue weighted by Gasteiger charge is -2.34. The highest BCUT2D eigenvalue weighted by molar-refractivity contribution is 7.71. The number of nitrogens with one attached hydrogen (secondary N) is 1. The summed E-state index contributed by atoms with van der Waals surface area (Å²) in [5.41, 5.74) is 0.485. The highest BCUT2D eigenvalue weighted by Gasteiger charge is 2.34. The van der Waals surface area contributed by atoms with Gasteiger partial charge in [-0.2, -0.15) is 0 Å². The van der Waals surface area contributed by atoms with Crippen LogP contribution in [-0.2, 0) is 29.0 Å². The number of H-pyrrole nitrogens is 1. The number of imidazole rings is 1. The second-order valence-corrected chi connectivity index (χ2v) is 9.26. The number of hydrogen-bond donors (Lipinski definition) is 1. The van der Waals surface area contributed by atoms with Crippen molar-refractivity contribution in [1.29, 1.82) is 0 Å². The average molecular weight is 500 g/mol. The van der Waals surface area contributed by atoms with Gasteiger partial charge in [-0.05, 0) is 18.6 Å². The van der Waals surface area contributed by atoms with Crippen LogP contribution >= 0.6 is 12.2 Å². The molecule has 2 aliphatic heterocycles. The predicted molar refractivity (Wildman–Crippen MR) is 118 cm³/mol. The van der Waals surface area contributed by atoms with Crippen LogP contribution in [0.3, 0.4) is 0 Å². The maximum atomic E-state index is 14.3. The molecule has 34 heavy (non-hydrogen) atoms. The van der Waals surface area contributed by atoms with E-state index in [0.717, 1.165) is 0 Å². The van der Waals surface area contributed by atoms with Crippen molar-refractivity contribution in [1.82, 2.24) is 24.3 Å².